The van der Waals surface area contributed by atoms with E-state index in [0.29, 0.717) is 18.7 Å². The summed E-state index contributed by atoms with van der Waals surface area (Å²) < 4.78 is 5.42. The van der Waals surface area contributed by atoms with Gasteiger partial charge < -0.3 is 20.7 Å². The maximum atomic E-state index is 12.1. The molecule has 1 aliphatic heterocycles. The number of rotatable bonds is 4. The number of carbonyl (C=O) groups excluding carboxylic acids is 2. The number of thioether (sulfide) groups is 1. The van der Waals surface area contributed by atoms with Crippen molar-refractivity contribution in [3.8, 4) is 0 Å². The number of primary amides is 1. The lowest BCUT2D eigenvalue weighted by Gasteiger charge is -2.34. The highest BCUT2D eigenvalue weighted by molar-refractivity contribution is 7.98. The Balaban J connectivity index is 1.92. The van der Waals surface area contributed by atoms with Crippen LogP contribution in [0.3, 0.4) is 0 Å². The van der Waals surface area contributed by atoms with Crippen molar-refractivity contribution in [2.24, 2.45) is 5.73 Å². The second kappa shape index (κ2) is 7.99. The lowest BCUT2D eigenvalue weighted by molar-refractivity contribution is 0.0210. The van der Waals surface area contributed by atoms with Crippen molar-refractivity contribution in [1.29, 1.82) is 0 Å². The Hall–Kier alpha value is -1.89. The van der Waals surface area contributed by atoms with Crippen molar-refractivity contribution in [3.05, 3.63) is 23.8 Å². The van der Waals surface area contributed by atoms with Gasteiger partial charge in [0.15, 0.2) is 0 Å². The van der Waals surface area contributed by atoms with E-state index in [4.69, 9.17) is 10.5 Å². The second-order valence-electron chi connectivity index (χ2n) is 7.17. The van der Waals surface area contributed by atoms with E-state index in [1.165, 1.54) is 11.8 Å². The van der Waals surface area contributed by atoms with Crippen molar-refractivity contribution in [3.63, 3.8) is 0 Å². The lowest BCUT2D eigenvalue weighted by Crippen LogP contribution is -2.44. The van der Waals surface area contributed by atoms with Crippen LogP contribution in [0.25, 0.3) is 0 Å². The largest absolute Gasteiger partial charge is 0.444 e. The third-order valence-corrected chi connectivity index (χ3v) is 4.76. The SMILES string of the molecule is CSc1cc(NC2CCN(C(=O)OC(C)(C)C)CC2)ccc1C(N)=O. The Morgan fingerprint density at radius 2 is 1.92 bits per heavy atom. The van der Waals surface area contributed by atoms with Gasteiger partial charge >= 0.3 is 6.09 Å². The number of likely N-dealkylation sites (tertiary alicyclic amines) is 1. The van der Waals surface area contributed by atoms with Crippen LogP contribution in [0.2, 0.25) is 0 Å². The van der Waals surface area contributed by atoms with Gasteiger partial charge in [-0.15, -0.1) is 11.8 Å². The smallest absolute Gasteiger partial charge is 0.410 e. The van der Waals surface area contributed by atoms with Gasteiger partial charge in [-0.25, -0.2) is 4.79 Å². The summed E-state index contributed by atoms with van der Waals surface area (Å²) in [7, 11) is 0. The first kappa shape index (κ1) is 19.4. The number of nitrogens with zero attached hydrogens (tertiary/aromatic N) is 1. The predicted octanol–water partition coefficient (Wildman–Crippen LogP) is 3.32. The molecular formula is C18H27N3O3S. The lowest BCUT2D eigenvalue weighted by atomic mass is 10.0. The number of nitrogens with two attached hydrogens (primary N) is 1. The molecule has 0 radical (unpaired) electrons. The zero-order chi connectivity index (χ0) is 18.6. The molecule has 1 aromatic rings. The quantitative estimate of drug-likeness (QED) is 0.800. The van der Waals surface area contributed by atoms with Crippen LogP contribution in [0.1, 0.15) is 44.0 Å². The summed E-state index contributed by atoms with van der Waals surface area (Å²) in [4.78, 5) is 26.1. The fourth-order valence-corrected chi connectivity index (χ4v) is 3.39. The molecule has 1 heterocycles. The molecule has 2 amide bonds. The maximum absolute atomic E-state index is 12.1. The average Bonchev–Trinajstić information content (AvgIpc) is 2.53. The number of ether oxygens (including phenoxy) is 1. The molecule has 6 nitrogen and oxygen atoms in total. The van der Waals surface area contributed by atoms with Crippen LogP contribution >= 0.6 is 11.8 Å². The fraction of sp³-hybridized carbons (Fsp3) is 0.556. The molecule has 3 N–H and O–H groups in total. The fourth-order valence-electron chi connectivity index (χ4n) is 2.75. The molecular weight excluding hydrogens is 338 g/mol. The third kappa shape index (κ3) is 5.56. The molecule has 7 heteroatoms. The predicted molar refractivity (Wildman–Crippen MR) is 101 cm³/mol. The summed E-state index contributed by atoms with van der Waals surface area (Å²) in [6.45, 7) is 6.96. The number of nitrogens with one attached hydrogen (secondary N) is 1. The van der Waals surface area contributed by atoms with Crippen LogP contribution in [0.4, 0.5) is 10.5 Å². The molecule has 1 aromatic carbocycles. The molecule has 0 atom stereocenters. The van der Waals surface area contributed by atoms with Crippen molar-refractivity contribution in [2.75, 3.05) is 24.7 Å². The summed E-state index contributed by atoms with van der Waals surface area (Å²) in [5.74, 6) is -0.415. The molecule has 1 aliphatic rings. The van der Waals surface area contributed by atoms with E-state index >= 15 is 0 Å². The first-order chi connectivity index (χ1) is 11.7. The Bertz CT molecular complexity index is 635. The summed E-state index contributed by atoms with van der Waals surface area (Å²) >= 11 is 1.50. The molecule has 2 rings (SSSR count). The number of anilines is 1. The Kier molecular flexibility index (Phi) is 6.21. The van der Waals surface area contributed by atoms with Crippen LogP contribution in [-0.4, -0.2) is 47.9 Å². The average molecular weight is 365 g/mol. The van der Waals surface area contributed by atoms with Crippen LogP contribution < -0.4 is 11.1 Å². The Morgan fingerprint density at radius 1 is 1.28 bits per heavy atom. The molecule has 1 fully saturated rings. The molecule has 0 spiro atoms. The second-order valence-corrected chi connectivity index (χ2v) is 8.01. The normalized spacial score (nSPS) is 15.8. The number of amides is 2. The van der Waals surface area contributed by atoms with Crippen LogP contribution in [0.5, 0.6) is 0 Å². The van der Waals surface area contributed by atoms with E-state index < -0.39 is 11.5 Å². The summed E-state index contributed by atoms with van der Waals surface area (Å²) in [5, 5.41) is 3.49. The van der Waals surface area contributed by atoms with E-state index in [0.717, 1.165) is 23.4 Å². The van der Waals surface area contributed by atoms with Crippen LogP contribution in [-0.2, 0) is 4.74 Å². The van der Waals surface area contributed by atoms with E-state index in [1.54, 1.807) is 11.0 Å². The first-order valence-electron chi connectivity index (χ1n) is 8.42. The van der Waals surface area contributed by atoms with Gasteiger partial charge in [-0.3, -0.25) is 4.79 Å². The first-order valence-corrected chi connectivity index (χ1v) is 9.64. The minimum atomic E-state index is -0.470. The highest BCUT2D eigenvalue weighted by Crippen LogP contribution is 2.26. The van der Waals surface area contributed by atoms with Crippen molar-refractivity contribution in [2.45, 2.75) is 50.2 Å². The minimum Gasteiger partial charge on any atom is -0.444 e. The van der Waals surface area contributed by atoms with Gasteiger partial charge in [-0.1, -0.05) is 0 Å². The summed E-state index contributed by atoms with van der Waals surface area (Å²) in [6, 6.07) is 5.87. The van der Waals surface area contributed by atoms with Gasteiger partial charge in [0.1, 0.15) is 5.60 Å². The zero-order valence-corrected chi connectivity index (χ0v) is 16.1. The highest BCUT2D eigenvalue weighted by Gasteiger charge is 2.26. The molecule has 0 bridgehead atoms. The molecule has 0 saturated carbocycles. The van der Waals surface area contributed by atoms with Gasteiger partial charge in [0.25, 0.3) is 0 Å². The molecule has 0 aromatic heterocycles. The van der Waals surface area contributed by atoms with E-state index in [1.807, 2.05) is 39.2 Å². The molecule has 1 saturated heterocycles. The van der Waals surface area contributed by atoms with E-state index in [2.05, 4.69) is 5.32 Å². The van der Waals surface area contributed by atoms with Crippen LogP contribution in [0.15, 0.2) is 23.1 Å². The molecule has 25 heavy (non-hydrogen) atoms. The minimum absolute atomic E-state index is 0.249. The molecule has 0 aliphatic carbocycles. The van der Waals surface area contributed by atoms with Crippen molar-refractivity contribution >= 4 is 29.4 Å². The van der Waals surface area contributed by atoms with Crippen LogP contribution in [0, 0.1) is 0 Å². The number of benzene rings is 1. The summed E-state index contributed by atoms with van der Waals surface area (Å²) in [6.07, 6.45) is 3.38. The molecule has 0 unspecified atom stereocenters. The maximum Gasteiger partial charge on any atom is 0.410 e. The molecule has 138 valence electrons. The third-order valence-electron chi connectivity index (χ3n) is 3.98. The number of carbonyl (C=O) groups is 2. The van der Waals surface area contributed by atoms with Gasteiger partial charge in [0, 0.05) is 29.7 Å². The number of piperidine rings is 1. The Labute approximate surface area is 153 Å². The number of hydrogen-bond donors (Lipinski definition) is 2. The number of hydrogen-bond acceptors (Lipinski definition) is 5. The monoisotopic (exact) mass is 365 g/mol. The standard InChI is InChI=1S/C18H27N3O3S/c1-18(2,3)24-17(23)21-9-7-12(8-10-21)20-13-5-6-14(16(19)22)15(11-13)25-4/h5-6,11-12,20H,7-10H2,1-4H3,(H2,19,22). The highest BCUT2D eigenvalue weighted by atomic mass is 32.2. The van der Waals surface area contributed by atoms with Gasteiger partial charge in [-0.05, 0) is 58.1 Å². The van der Waals surface area contributed by atoms with E-state index in [-0.39, 0.29) is 12.1 Å². The van der Waals surface area contributed by atoms with Crippen molar-refractivity contribution < 1.29 is 14.3 Å². The van der Waals surface area contributed by atoms with Gasteiger partial charge in [0.05, 0.1) is 5.56 Å². The Morgan fingerprint density at radius 3 is 2.44 bits per heavy atom. The topological polar surface area (TPSA) is 84.7 Å². The van der Waals surface area contributed by atoms with Crippen molar-refractivity contribution in [1.82, 2.24) is 4.90 Å². The van der Waals surface area contributed by atoms with E-state index in [9.17, 15) is 9.59 Å². The van der Waals surface area contributed by atoms with Gasteiger partial charge in [-0.2, -0.15) is 0 Å². The summed E-state index contributed by atoms with van der Waals surface area (Å²) in [5.41, 5.74) is 6.42. The zero-order valence-electron chi connectivity index (χ0n) is 15.3. The van der Waals surface area contributed by atoms with Gasteiger partial charge in [0.2, 0.25) is 5.91 Å².